The molecule has 0 fully saturated rings. The number of imidazole rings is 1. The van der Waals surface area contributed by atoms with Crippen molar-refractivity contribution in [1.82, 2.24) is 14.5 Å². The number of nitrogens with one attached hydrogen (secondary N) is 1. The van der Waals surface area contributed by atoms with Gasteiger partial charge in [0.15, 0.2) is 0 Å². The van der Waals surface area contributed by atoms with Gasteiger partial charge in [-0.05, 0) is 36.2 Å². The Bertz CT molecular complexity index is 760. The van der Waals surface area contributed by atoms with Gasteiger partial charge in [-0.1, -0.05) is 6.07 Å². The highest BCUT2D eigenvalue weighted by Crippen LogP contribution is 2.17. The lowest BCUT2D eigenvalue weighted by molar-refractivity contribution is 0.947. The molecule has 0 amide bonds. The third kappa shape index (κ3) is 2.30. The molecule has 0 bridgehead atoms. The molecule has 20 heavy (non-hydrogen) atoms. The molecular weight excluding hydrogens is 250 g/mol. The minimum Gasteiger partial charge on any atom is -0.397 e. The van der Waals surface area contributed by atoms with Gasteiger partial charge in [-0.15, -0.1) is 0 Å². The van der Waals surface area contributed by atoms with Crippen LogP contribution in [0.4, 0.5) is 11.5 Å². The second-order valence-corrected chi connectivity index (χ2v) is 4.97. The van der Waals surface area contributed by atoms with Crippen molar-refractivity contribution in [2.75, 3.05) is 11.1 Å². The molecular formula is C15H17N5. The highest BCUT2D eigenvalue weighted by molar-refractivity contribution is 5.76. The number of nitrogens with two attached hydrogens (primary N) is 1. The predicted molar refractivity (Wildman–Crippen MR) is 81.4 cm³/mol. The van der Waals surface area contributed by atoms with Gasteiger partial charge in [-0.3, -0.25) is 0 Å². The lowest BCUT2D eigenvalue weighted by atomic mass is 10.2. The number of pyridine rings is 1. The number of aromatic nitrogens is 3. The summed E-state index contributed by atoms with van der Waals surface area (Å²) in [6.45, 7) is 2.71. The molecule has 3 rings (SSSR count). The van der Waals surface area contributed by atoms with E-state index in [0.29, 0.717) is 12.2 Å². The molecule has 5 nitrogen and oxygen atoms in total. The summed E-state index contributed by atoms with van der Waals surface area (Å²) < 4.78 is 2.01. The summed E-state index contributed by atoms with van der Waals surface area (Å²) in [5.41, 5.74) is 10.7. The Morgan fingerprint density at radius 1 is 1.25 bits per heavy atom. The summed E-state index contributed by atoms with van der Waals surface area (Å²) in [5.74, 6) is 0.861. The number of hydrogen-bond donors (Lipinski definition) is 2. The maximum Gasteiger partial charge on any atom is 0.129 e. The van der Waals surface area contributed by atoms with Crippen LogP contribution in [-0.4, -0.2) is 14.5 Å². The van der Waals surface area contributed by atoms with Gasteiger partial charge in [-0.2, -0.15) is 0 Å². The molecule has 3 aromatic rings. The fourth-order valence-corrected chi connectivity index (χ4v) is 2.26. The van der Waals surface area contributed by atoms with E-state index in [0.717, 1.165) is 22.4 Å². The fraction of sp³-hybridized carbons (Fsp3) is 0.200. The molecule has 102 valence electrons. The van der Waals surface area contributed by atoms with Gasteiger partial charge in [0, 0.05) is 13.6 Å². The van der Waals surface area contributed by atoms with Crippen LogP contribution >= 0.6 is 0 Å². The molecule has 2 aromatic heterocycles. The molecule has 0 aliphatic carbocycles. The van der Waals surface area contributed by atoms with Gasteiger partial charge in [0.25, 0.3) is 0 Å². The van der Waals surface area contributed by atoms with E-state index in [1.165, 1.54) is 5.56 Å². The third-order valence-electron chi connectivity index (χ3n) is 3.35. The first-order valence-corrected chi connectivity index (χ1v) is 6.49. The highest BCUT2D eigenvalue weighted by Gasteiger charge is 2.03. The van der Waals surface area contributed by atoms with Crippen molar-refractivity contribution in [2.45, 2.75) is 13.5 Å². The second-order valence-electron chi connectivity index (χ2n) is 4.97. The van der Waals surface area contributed by atoms with E-state index in [1.807, 2.05) is 30.9 Å². The minimum atomic E-state index is 0.683. The van der Waals surface area contributed by atoms with Crippen molar-refractivity contribution in [3.8, 4) is 0 Å². The van der Waals surface area contributed by atoms with E-state index < -0.39 is 0 Å². The standard InChI is InChI=1S/C15H17N5/c1-10-5-12(16)8-18-15(10)17-7-11-3-4-14-13(6-11)19-9-20(14)2/h3-6,8-9H,7,16H2,1-2H3,(H,17,18). The van der Waals surface area contributed by atoms with Crippen molar-refractivity contribution in [2.24, 2.45) is 7.05 Å². The van der Waals surface area contributed by atoms with Crippen LogP contribution in [0.1, 0.15) is 11.1 Å². The van der Waals surface area contributed by atoms with Gasteiger partial charge in [-0.25, -0.2) is 9.97 Å². The van der Waals surface area contributed by atoms with E-state index in [4.69, 9.17) is 5.73 Å². The van der Waals surface area contributed by atoms with Gasteiger partial charge in [0.05, 0.1) is 29.2 Å². The first-order valence-electron chi connectivity index (χ1n) is 6.49. The zero-order chi connectivity index (χ0) is 14.1. The summed E-state index contributed by atoms with van der Waals surface area (Å²) in [6.07, 6.45) is 3.49. The van der Waals surface area contributed by atoms with Gasteiger partial charge in [0.2, 0.25) is 0 Å². The van der Waals surface area contributed by atoms with Gasteiger partial charge >= 0.3 is 0 Å². The van der Waals surface area contributed by atoms with Crippen molar-refractivity contribution in [3.63, 3.8) is 0 Å². The third-order valence-corrected chi connectivity index (χ3v) is 3.35. The highest BCUT2D eigenvalue weighted by atomic mass is 15.0. The number of hydrogen-bond acceptors (Lipinski definition) is 4. The molecule has 0 saturated heterocycles. The zero-order valence-electron chi connectivity index (χ0n) is 11.6. The molecule has 0 unspecified atom stereocenters. The first kappa shape index (κ1) is 12.5. The number of fused-ring (bicyclic) bond motifs is 1. The number of aryl methyl sites for hydroxylation is 2. The normalized spacial score (nSPS) is 10.9. The van der Waals surface area contributed by atoms with Crippen LogP contribution < -0.4 is 11.1 Å². The second kappa shape index (κ2) is 4.85. The lowest BCUT2D eigenvalue weighted by Gasteiger charge is -2.09. The maximum atomic E-state index is 5.70. The molecule has 0 spiro atoms. The van der Waals surface area contributed by atoms with E-state index >= 15 is 0 Å². The van der Waals surface area contributed by atoms with Crippen LogP contribution in [-0.2, 0) is 13.6 Å². The molecule has 0 radical (unpaired) electrons. The molecule has 2 heterocycles. The quantitative estimate of drug-likeness (QED) is 0.765. The Labute approximate surface area is 117 Å². The van der Waals surface area contributed by atoms with Crippen LogP contribution in [0, 0.1) is 6.92 Å². The Kier molecular flexibility index (Phi) is 3.02. The topological polar surface area (TPSA) is 68.8 Å². The Morgan fingerprint density at radius 2 is 2.10 bits per heavy atom. The number of nitrogens with zero attached hydrogens (tertiary/aromatic N) is 3. The number of anilines is 2. The average Bonchev–Trinajstić information content (AvgIpc) is 2.79. The van der Waals surface area contributed by atoms with E-state index in [1.54, 1.807) is 6.20 Å². The van der Waals surface area contributed by atoms with Crippen LogP contribution in [0.25, 0.3) is 11.0 Å². The molecule has 0 atom stereocenters. The van der Waals surface area contributed by atoms with Crippen LogP contribution in [0.15, 0.2) is 36.8 Å². The van der Waals surface area contributed by atoms with Crippen molar-refractivity contribution in [1.29, 1.82) is 0 Å². The fourth-order valence-electron chi connectivity index (χ4n) is 2.26. The van der Waals surface area contributed by atoms with Crippen LogP contribution in [0.3, 0.4) is 0 Å². The molecule has 0 saturated carbocycles. The number of nitrogen functional groups attached to an aromatic ring is 1. The van der Waals surface area contributed by atoms with Crippen LogP contribution in [0.2, 0.25) is 0 Å². The summed E-state index contributed by atoms with van der Waals surface area (Å²) in [5, 5.41) is 3.33. The van der Waals surface area contributed by atoms with E-state index in [9.17, 15) is 0 Å². The largest absolute Gasteiger partial charge is 0.397 e. The zero-order valence-corrected chi connectivity index (χ0v) is 11.6. The Morgan fingerprint density at radius 3 is 2.90 bits per heavy atom. The Balaban J connectivity index is 1.79. The van der Waals surface area contributed by atoms with Crippen molar-refractivity contribution in [3.05, 3.63) is 47.9 Å². The molecule has 0 aliphatic heterocycles. The molecule has 0 aliphatic rings. The van der Waals surface area contributed by atoms with E-state index in [-0.39, 0.29) is 0 Å². The van der Waals surface area contributed by atoms with E-state index in [2.05, 4.69) is 33.5 Å². The first-order chi connectivity index (χ1) is 9.63. The molecule has 5 heteroatoms. The summed E-state index contributed by atoms with van der Waals surface area (Å²) in [6, 6.07) is 8.19. The molecule has 1 aromatic carbocycles. The summed E-state index contributed by atoms with van der Waals surface area (Å²) >= 11 is 0. The summed E-state index contributed by atoms with van der Waals surface area (Å²) in [4.78, 5) is 8.67. The van der Waals surface area contributed by atoms with Gasteiger partial charge < -0.3 is 15.6 Å². The lowest BCUT2D eigenvalue weighted by Crippen LogP contribution is -2.03. The SMILES string of the molecule is Cc1cc(N)cnc1NCc1ccc2c(c1)ncn2C. The molecule has 3 N–H and O–H groups in total. The van der Waals surface area contributed by atoms with Crippen molar-refractivity contribution < 1.29 is 0 Å². The van der Waals surface area contributed by atoms with Gasteiger partial charge in [0.1, 0.15) is 5.82 Å². The Hall–Kier alpha value is -2.56. The smallest absolute Gasteiger partial charge is 0.129 e. The number of benzene rings is 1. The monoisotopic (exact) mass is 267 g/mol. The minimum absolute atomic E-state index is 0.683. The summed E-state index contributed by atoms with van der Waals surface area (Å²) in [7, 11) is 1.99. The average molecular weight is 267 g/mol. The maximum absolute atomic E-state index is 5.70. The van der Waals surface area contributed by atoms with Crippen molar-refractivity contribution >= 4 is 22.5 Å². The number of rotatable bonds is 3. The van der Waals surface area contributed by atoms with Crippen LogP contribution in [0.5, 0.6) is 0 Å². The predicted octanol–water partition coefficient (Wildman–Crippen LogP) is 2.47.